The van der Waals surface area contributed by atoms with Crippen molar-refractivity contribution in [3.8, 4) is 17.2 Å². The third-order valence-corrected chi connectivity index (χ3v) is 4.57. The molecule has 0 aliphatic heterocycles. The maximum atomic E-state index is 12.5. The van der Waals surface area contributed by atoms with E-state index >= 15 is 0 Å². The summed E-state index contributed by atoms with van der Waals surface area (Å²) in [6.45, 7) is 1.42. The molecule has 12 heteroatoms. The van der Waals surface area contributed by atoms with Crippen molar-refractivity contribution in [1.82, 2.24) is 15.2 Å². The quantitative estimate of drug-likeness (QED) is 0.166. The van der Waals surface area contributed by atoms with Crippen LogP contribution in [0.5, 0.6) is 17.2 Å². The molecule has 0 aliphatic carbocycles. The smallest absolute Gasteiger partial charge is 0.343 e. The average molecular weight is 467 g/mol. The number of ether oxygens (including phenoxy) is 3. The average Bonchev–Trinajstić information content (AvgIpc) is 3.31. The van der Waals surface area contributed by atoms with Gasteiger partial charge in [-0.15, -0.1) is 0 Å². The molecule has 0 unspecified atom stereocenters. The number of carbonyl (C=O) groups excluding carboxylic acids is 2. The molecule has 0 spiro atoms. The van der Waals surface area contributed by atoms with E-state index in [-0.39, 0.29) is 18.0 Å². The van der Waals surface area contributed by atoms with Crippen molar-refractivity contribution in [2.45, 2.75) is 13.5 Å². The van der Waals surface area contributed by atoms with Crippen LogP contribution in [0, 0.1) is 10.1 Å². The first-order valence-corrected chi connectivity index (χ1v) is 9.85. The van der Waals surface area contributed by atoms with Gasteiger partial charge in [0.2, 0.25) is 0 Å². The normalized spacial score (nSPS) is 11.0. The van der Waals surface area contributed by atoms with Gasteiger partial charge in [-0.1, -0.05) is 6.07 Å². The Morgan fingerprint density at radius 3 is 2.59 bits per heavy atom. The van der Waals surface area contributed by atoms with Gasteiger partial charge >= 0.3 is 11.7 Å². The third-order valence-electron chi connectivity index (χ3n) is 4.57. The Balaban J connectivity index is 1.67. The molecular weight excluding hydrogens is 446 g/mol. The standard InChI is InChI=1S/C22H21N5O7/c1-14(24-25-21(28)13-26-12-17(11-23-26)27(30)31)15-7-8-19(20(10-15)33-3)34-22(29)16-5-4-6-18(9-16)32-2/h4-12H,13H2,1-3H3,(H,25,28). The molecule has 1 heterocycles. The van der Waals surface area contributed by atoms with Crippen molar-refractivity contribution in [2.24, 2.45) is 5.10 Å². The van der Waals surface area contributed by atoms with Crippen molar-refractivity contribution < 1.29 is 28.7 Å². The number of rotatable bonds is 9. The van der Waals surface area contributed by atoms with Crippen LogP contribution in [0.1, 0.15) is 22.8 Å². The zero-order chi connectivity index (χ0) is 24.7. The maximum absolute atomic E-state index is 12.5. The predicted octanol–water partition coefficient (Wildman–Crippen LogP) is 2.57. The van der Waals surface area contributed by atoms with Crippen molar-refractivity contribution in [3.63, 3.8) is 0 Å². The highest BCUT2D eigenvalue weighted by molar-refractivity contribution is 6.00. The van der Waals surface area contributed by atoms with Crippen LogP contribution in [0.3, 0.4) is 0 Å². The van der Waals surface area contributed by atoms with Crippen LogP contribution in [0.15, 0.2) is 60.0 Å². The Morgan fingerprint density at radius 1 is 1.12 bits per heavy atom. The van der Waals surface area contributed by atoms with E-state index in [4.69, 9.17) is 14.2 Å². The second kappa shape index (κ2) is 10.7. The van der Waals surface area contributed by atoms with E-state index in [0.29, 0.717) is 28.3 Å². The first-order chi connectivity index (χ1) is 16.3. The van der Waals surface area contributed by atoms with E-state index < -0.39 is 16.8 Å². The number of esters is 1. The highest BCUT2D eigenvalue weighted by Gasteiger charge is 2.15. The summed E-state index contributed by atoms with van der Waals surface area (Å²) in [6.07, 6.45) is 2.20. The molecule has 0 atom stereocenters. The van der Waals surface area contributed by atoms with Crippen molar-refractivity contribution in [3.05, 3.63) is 76.1 Å². The number of nitrogens with one attached hydrogen (secondary N) is 1. The zero-order valence-corrected chi connectivity index (χ0v) is 18.5. The van der Waals surface area contributed by atoms with Gasteiger partial charge in [-0.2, -0.15) is 10.2 Å². The number of methoxy groups -OCH3 is 2. The SMILES string of the molecule is COc1cccc(C(=O)Oc2ccc(C(C)=NNC(=O)Cn3cc([N+](=O)[O-])cn3)cc2OC)c1. The van der Waals surface area contributed by atoms with E-state index in [2.05, 4.69) is 15.6 Å². The molecular formula is C22H21N5O7. The number of nitro groups is 1. The first kappa shape index (κ1) is 23.9. The summed E-state index contributed by atoms with van der Waals surface area (Å²) < 4.78 is 17.0. The van der Waals surface area contributed by atoms with E-state index in [1.165, 1.54) is 14.2 Å². The molecule has 0 aliphatic rings. The third kappa shape index (κ3) is 5.94. The van der Waals surface area contributed by atoms with Gasteiger partial charge in [-0.3, -0.25) is 19.6 Å². The Bertz CT molecular complexity index is 1250. The van der Waals surface area contributed by atoms with Gasteiger partial charge in [0.25, 0.3) is 5.91 Å². The molecule has 0 fully saturated rings. The van der Waals surface area contributed by atoms with Crippen LogP contribution in [0.4, 0.5) is 5.69 Å². The summed E-state index contributed by atoms with van der Waals surface area (Å²) in [5.41, 5.74) is 3.51. The Kier molecular flexibility index (Phi) is 7.54. The molecule has 1 aromatic heterocycles. The largest absolute Gasteiger partial charge is 0.497 e. The van der Waals surface area contributed by atoms with Gasteiger partial charge in [0.1, 0.15) is 24.7 Å². The van der Waals surface area contributed by atoms with Crippen LogP contribution >= 0.6 is 0 Å². The van der Waals surface area contributed by atoms with E-state index in [0.717, 1.165) is 17.1 Å². The summed E-state index contributed by atoms with van der Waals surface area (Å²) in [6, 6.07) is 11.4. The van der Waals surface area contributed by atoms with Crippen molar-refractivity contribution in [1.29, 1.82) is 0 Å². The molecule has 12 nitrogen and oxygen atoms in total. The number of carbonyl (C=O) groups is 2. The van der Waals surface area contributed by atoms with Gasteiger partial charge in [-0.25, -0.2) is 10.2 Å². The lowest BCUT2D eigenvalue weighted by Gasteiger charge is -2.11. The zero-order valence-electron chi connectivity index (χ0n) is 18.5. The van der Waals surface area contributed by atoms with E-state index in [1.807, 2.05) is 0 Å². The summed E-state index contributed by atoms with van der Waals surface area (Å²) in [4.78, 5) is 34.6. The Labute approximate surface area is 193 Å². The molecule has 0 bridgehead atoms. The molecule has 0 radical (unpaired) electrons. The lowest BCUT2D eigenvalue weighted by molar-refractivity contribution is -0.385. The molecule has 3 rings (SSSR count). The summed E-state index contributed by atoms with van der Waals surface area (Å²) in [5, 5.41) is 18.5. The van der Waals surface area contributed by atoms with E-state index in [1.54, 1.807) is 49.4 Å². The Morgan fingerprint density at radius 2 is 1.91 bits per heavy atom. The van der Waals surface area contributed by atoms with Crippen molar-refractivity contribution in [2.75, 3.05) is 14.2 Å². The van der Waals surface area contributed by atoms with Crippen molar-refractivity contribution >= 4 is 23.3 Å². The number of hydrogen-bond donors (Lipinski definition) is 1. The maximum Gasteiger partial charge on any atom is 0.343 e. The fourth-order valence-electron chi connectivity index (χ4n) is 2.81. The molecule has 34 heavy (non-hydrogen) atoms. The second-order valence-electron chi connectivity index (χ2n) is 6.87. The highest BCUT2D eigenvalue weighted by Crippen LogP contribution is 2.29. The van der Waals surface area contributed by atoms with Crippen LogP contribution in [-0.4, -0.2) is 46.5 Å². The number of hydrazone groups is 1. The summed E-state index contributed by atoms with van der Waals surface area (Å²) in [5.74, 6) is -0.0827. The highest BCUT2D eigenvalue weighted by atomic mass is 16.6. The summed E-state index contributed by atoms with van der Waals surface area (Å²) >= 11 is 0. The molecule has 3 aromatic rings. The van der Waals surface area contributed by atoms with Gasteiger partial charge in [0.15, 0.2) is 11.5 Å². The van der Waals surface area contributed by atoms with Gasteiger partial charge < -0.3 is 14.2 Å². The van der Waals surface area contributed by atoms with Gasteiger partial charge in [0, 0.05) is 5.56 Å². The predicted molar refractivity (Wildman–Crippen MR) is 120 cm³/mol. The lowest BCUT2D eigenvalue weighted by atomic mass is 10.1. The minimum atomic E-state index is -0.602. The van der Waals surface area contributed by atoms with Crippen LogP contribution in [0.25, 0.3) is 0 Å². The minimum absolute atomic E-state index is 0.205. The molecule has 0 saturated heterocycles. The molecule has 0 saturated carbocycles. The number of benzene rings is 2. The summed E-state index contributed by atoms with van der Waals surface area (Å²) in [7, 11) is 2.93. The topological polar surface area (TPSA) is 147 Å². The fraction of sp³-hybridized carbons (Fsp3) is 0.182. The monoisotopic (exact) mass is 467 g/mol. The first-order valence-electron chi connectivity index (χ1n) is 9.85. The lowest BCUT2D eigenvalue weighted by Crippen LogP contribution is -2.24. The number of amides is 1. The molecule has 1 N–H and O–H groups in total. The minimum Gasteiger partial charge on any atom is -0.497 e. The van der Waals surface area contributed by atoms with Crippen LogP contribution < -0.4 is 19.6 Å². The molecule has 2 aromatic carbocycles. The molecule has 176 valence electrons. The molecule has 1 amide bonds. The van der Waals surface area contributed by atoms with Gasteiger partial charge in [-0.05, 0) is 43.3 Å². The van der Waals surface area contributed by atoms with Gasteiger partial charge in [0.05, 0.1) is 30.4 Å². The second-order valence-corrected chi connectivity index (χ2v) is 6.87. The Hall–Kier alpha value is -4.74. The number of nitrogens with zero attached hydrogens (tertiary/aromatic N) is 4. The number of aromatic nitrogens is 2. The fourth-order valence-corrected chi connectivity index (χ4v) is 2.81. The number of hydrogen-bond acceptors (Lipinski definition) is 9. The van der Waals surface area contributed by atoms with Crippen LogP contribution in [0.2, 0.25) is 0 Å². The van der Waals surface area contributed by atoms with E-state index in [9.17, 15) is 19.7 Å². The van der Waals surface area contributed by atoms with Crippen LogP contribution in [-0.2, 0) is 11.3 Å².